The standard InChI is InChI=1S/C22H30ClN3O/c1-3-20-10-11-21(24-20)22(27)25(2)15-18-5-4-13-26(16-18)14-12-17-6-8-19(23)9-7-17/h6-11,18,24H,3-5,12-16H2,1-2H3/t18-/m1/s1. The van der Waals surface area contributed by atoms with Gasteiger partial charge >= 0.3 is 0 Å². The summed E-state index contributed by atoms with van der Waals surface area (Å²) in [6.45, 7) is 6.18. The molecule has 3 rings (SSSR count). The van der Waals surface area contributed by atoms with Crippen LogP contribution in [0, 0.1) is 5.92 Å². The van der Waals surface area contributed by atoms with Crippen molar-refractivity contribution >= 4 is 17.5 Å². The van der Waals surface area contributed by atoms with Gasteiger partial charge in [0.05, 0.1) is 0 Å². The van der Waals surface area contributed by atoms with E-state index < -0.39 is 0 Å². The summed E-state index contributed by atoms with van der Waals surface area (Å²) >= 11 is 5.96. The molecule has 1 aliphatic heterocycles. The van der Waals surface area contributed by atoms with Crippen molar-refractivity contribution in [3.63, 3.8) is 0 Å². The average molecular weight is 388 g/mol. The molecule has 0 radical (unpaired) electrons. The molecule has 0 spiro atoms. The maximum Gasteiger partial charge on any atom is 0.270 e. The third kappa shape index (κ3) is 5.60. The predicted octanol–water partition coefficient (Wildman–Crippen LogP) is 4.26. The fourth-order valence-corrected chi connectivity index (χ4v) is 4.01. The summed E-state index contributed by atoms with van der Waals surface area (Å²) in [6.07, 6.45) is 4.36. The summed E-state index contributed by atoms with van der Waals surface area (Å²) in [7, 11) is 1.92. The SMILES string of the molecule is CCc1ccc(C(=O)N(C)C[C@H]2CCCN(CCc3ccc(Cl)cc3)C2)[nH]1. The summed E-state index contributed by atoms with van der Waals surface area (Å²) in [6, 6.07) is 12.0. The van der Waals surface area contributed by atoms with Gasteiger partial charge in [-0.15, -0.1) is 0 Å². The molecule has 2 aromatic rings. The molecule has 0 unspecified atom stereocenters. The highest BCUT2D eigenvalue weighted by atomic mass is 35.5. The number of amides is 1. The van der Waals surface area contributed by atoms with Crippen molar-refractivity contribution in [1.29, 1.82) is 0 Å². The predicted molar refractivity (Wildman–Crippen MR) is 111 cm³/mol. The van der Waals surface area contributed by atoms with Gasteiger partial charge in [-0.05, 0) is 68.0 Å². The molecule has 5 heteroatoms. The Hall–Kier alpha value is -1.78. The van der Waals surface area contributed by atoms with Crippen LogP contribution in [0.15, 0.2) is 36.4 Å². The minimum Gasteiger partial charge on any atom is -0.354 e. The lowest BCUT2D eigenvalue weighted by molar-refractivity contribution is 0.0725. The van der Waals surface area contributed by atoms with Crippen molar-refractivity contribution in [3.8, 4) is 0 Å². The third-order valence-corrected chi connectivity index (χ3v) is 5.72. The molecular formula is C22H30ClN3O. The number of halogens is 1. The summed E-state index contributed by atoms with van der Waals surface area (Å²) in [4.78, 5) is 20.3. The normalized spacial score (nSPS) is 17.8. The van der Waals surface area contributed by atoms with Crippen molar-refractivity contribution in [2.75, 3.05) is 33.2 Å². The van der Waals surface area contributed by atoms with E-state index in [-0.39, 0.29) is 5.91 Å². The molecular weight excluding hydrogens is 358 g/mol. The van der Waals surface area contributed by atoms with E-state index >= 15 is 0 Å². The van der Waals surface area contributed by atoms with Crippen LogP contribution in [-0.4, -0.2) is 53.9 Å². The number of carbonyl (C=O) groups is 1. The van der Waals surface area contributed by atoms with Crippen LogP contribution in [-0.2, 0) is 12.8 Å². The zero-order valence-corrected chi connectivity index (χ0v) is 17.1. The van der Waals surface area contributed by atoms with Gasteiger partial charge in [-0.1, -0.05) is 30.7 Å². The Kier molecular flexibility index (Phi) is 6.97. The number of piperidine rings is 1. The van der Waals surface area contributed by atoms with E-state index in [9.17, 15) is 4.79 Å². The van der Waals surface area contributed by atoms with Gasteiger partial charge in [-0.2, -0.15) is 0 Å². The Morgan fingerprint density at radius 3 is 2.74 bits per heavy atom. The van der Waals surface area contributed by atoms with Gasteiger partial charge in [-0.3, -0.25) is 4.79 Å². The molecule has 1 aromatic carbocycles. The Balaban J connectivity index is 1.48. The van der Waals surface area contributed by atoms with Gasteiger partial charge in [0.2, 0.25) is 0 Å². The van der Waals surface area contributed by atoms with Gasteiger partial charge < -0.3 is 14.8 Å². The highest BCUT2D eigenvalue weighted by Crippen LogP contribution is 2.19. The van der Waals surface area contributed by atoms with E-state index in [0.29, 0.717) is 11.6 Å². The van der Waals surface area contributed by atoms with Crippen LogP contribution < -0.4 is 0 Å². The number of likely N-dealkylation sites (tertiary alicyclic amines) is 1. The second-order valence-electron chi connectivity index (χ2n) is 7.62. The number of hydrogen-bond donors (Lipinski definition) is 1. The van der Waals surface area contributed by atoms with Crippen LogP contribution in [0.2, 0.25) is 5.02 Å². The van der Waals surface area contributed by atoms with Gasteiger partial charge in [0.1, 0.15) is 5.69 Å². The lowest BCUT2D eigenvalue weighted by Crippen LogP contribution is -2.42. The third-order valence-electron chi connectivity index (χ3n) is 5.47. The number of nitrogens with one attached hydrogen (secondary N) is 1. The van der Waals surface area contributed by atoms with E-state index in [0.717, 1.165) is 49.7 Å². The van der Waals surface area contributed by atoms with Crippen LogP contribution in [0.5, 0.6) is 0 Å². The van der Waals surface area contributed by atoms with Crippen LogP contribution in [0.3, 0.4) is 0 Å². The summed E-state index contributed by atoms with van der Waals surface area (Å²) in [5.41, 5.74) is 3.13. The number of carbonyl (C=O) groups excluding carboxylic acids is 1. The second kappa shape index (κ2) is 9.43. The van der Waals surface area contributed by atoms with Gasteiger partial charge in [0.15, 0.2) is 0 Å². The minimum absolute atomic E-state index is 0.0907. The maximum absolute atomic E-state index is 12.6. The Labute approximate surface area is 167 Å². The van der Waals surface area contributed by atoms with E-state index in [2.05, 4.69) is 28.9 Å². The first kappa shape index (κ1) is 20.0. The quantitative estimate of drug-likeness (QED) is 0.771. The molecule has 0 saturated carbocycles. The molecule has 4 nitrogen and oxygen atoms in total. The maximum atomic E-state index is 12.6. The Bertz CT molecular complexity index is 740. The lowest BCUT2D eigenvalue weighted by atomic mass is 9.97. The van der Waals surface area contributed by atoms with Crippen molar-refractivity contribution in [3.05, 3.63) is 58.4 Å². The molecule has 2 heterocycles. The molecule has 1 aliphatic rings. The average Bonchev–Trinajstić information content (AvgIpc) is 3.16. The van der Waals surface area contributed by atoms with Crippen molar-refractivity contribution < 1.29 is 4.79 Å². The number of nitrogens with zero attached hydrogens (tertiary/aromatic N) is 2. The highest BCUT2D eigenvalue weighted by Gasteiger charge is 2.23. The summed E-state index contributed by atoms with van der Waals surface area (Å²) in [5.74, 6) is 0.631. The Morgan fingerprint density at radius 2 is 2.04 bits per heavy atom. The van der Waals surface area contributed by atoms with Crippen molar-refractivity contribution in [2.45, 2.75) is 32.6 Å². The monoisotopic (exact) mass is 387 g/mol. The number of rotatable bonds is 7. The lowest BCUT2D eigenvalue weighted by Gasteiger charge is -2.34. The molecule has 0 aliphatic carbocycles. The van der Waals surface area contributed by atoms with Crippen molar-refractivity contribution in [1.82, 2.24) is 14.8 Å². The molecule has 146 valence electrons. The molecule has 27 heavy (non-hydrogen) atoms. The number of aromatic nitrogens is 1. The first-order valence-corrected chi connectivity index (χ1v) is 10.3. The summed E-state index contributed by atoms with van der Waals surface area (Å²) < 4.78 is 0. The number of H-pyrrole nitrogens is 1. The van der Waals surface area contributed by atoms with Crippen LogP contribution in [0.25, 0.3) is 0 Å². The second-order valence-corrected chi connectivity index (χ2v) is 8.06. The van der Waals surface area contributed by atoms with E-state index in [1.807, 2.05) is 36.2 Å². The summed E-state index contributed by atoms with van der Waals surface area (Å²) in [5, 5.41) is 0.789. The van der Waals surface area contributed by atoms with Gasteiger partial charge in [0.25, 0.3) is 5.91 Å². The molecule has 1 amide bonds. The fraction of sp³-hybridized carbons (Fsp3) is 0.500. The largest absolute Gasteiger partial charge is 0.354 e. The van der Waals surface area contributed by atoms with E-state index in [4.69, 9.17) is 11.6 Å². The zero-order chi connectivity index (χ0) is 19.2. The molecule has 1 saturated heterocycles. The minimum atomic E-state index is 0.0907. The smallest absolute Gasteiger partial charge is 0.270 e. The topological polar surface area (TPSA) is 39.3 Å². The first-order valence-electron chi connectivity index (χ1n) is 9.95. The first-order chi connectivity index (χ1) is 13.0. The van der Waals surface area contributed by atoms with E-state index in [1.165, 1.54) is 18.4 Å². The number of benzene rings is 1. The molecule has 0 bridgehead atoms. The fourth-order valence-electron chi connectivity index (χ4n) is 3.89. The molecule has 1 fully saturated rings. The number of aromatic amines is 1. The highest BCUT2D eigenvalue weighted by molar-refractivity contribution is 6.30. The zero-order valence-electron chi connectivity index (χ0n) is 16.4. The number of hydrogen-bond acceptors (Lipinski definition) is 2. The molecule has 1 atom stereocenters. The van der Waals surface area contributed by atoms with Crippen LogP contribution in [0.1, 0.15) is 41.5 Å². The molecule has 1 N–H and O–H groups in total. The van der Waals surface area contributed by atoms with Crippen LogP contribution in [0.4, 0.5) is 0 Å². The van der Waals surface area contributed by atoms with Crippen LogP contribution >= 0.6 is 11.6 Å². The number of aryl methyl sites for hydroxylation is 1. The van der Waals surface area contributed by atoms with Gasteiger partial charge in [-0.25, -0.2) is 0 Å². The van der Waals surface area contributed by atoms with E-state index in [1.54, 1.807) is 0 Å². The Morgan fingerprint density at radius 1 is 1.26 bits per heavy atom. The van der Waals surface area contributed by atoms with Gasteiger partial charge in [0, 0.05) is 37.4 Å². The molecule has 1 aromatic heterocycles. The van der Waals surface area contributed by atoms with Crippen molar-refractivity contribution in [2.24, 2.45) is 5.92 Å².